The van der Waals surface area contributed by atoms with Crippen LogP contribution in [0.2, 0.25) is 5.02 Å². The fourth-order valence-corrected chi connectivity index (χ4v) is 3.22. The van der Waals surface area contributed by atoms with Gasteiger partial charge in [0, 0.05) is 30.8 Å². The van der Waals surface area contributed by atoms with E-state index in [1.807, 2.05) is 0 Å². The molecule has 1 saturated heterocycles. The molecule has 2 heterocycles. The van der Waals surface area contributed by atoms with Crippen LogP contribution in [-0.2, 0) is 11.2 Å². The number of H-pyrrole nitrogens is 1. The molecule has 1 fully saturated rings. The van der Waals surface area contributed by atoms with Gasteiger partial charge in [0.2, 0.25) is 0 Å². The van der Waals surface area contributed by atoms with Crippen LogP contribution in [0.1, 0.15) is 23.9 Å². The summed E-state index contributed by atoms with van der Waals surface area (Å²) in [6.07, 6.45) is 3.04. The number of nitrogens with one attached hydrogen (secondary N) is 1. The molecule has 0 unspecified atom stereocenters. The van der Waals surface area contributed by atoms with Crippen molar-refractivity contribution < 1.29 is 9.13 Å². The second-order valence-electron chi connectivity index (χ2n) is 5.43. The normalized spacial score (nSPS) is 22.3. The highest BCUT2D eigenvalue weighted by atomic mass is 35.5. The van der Waals surface area contributed by atoms with E-state index in [1.165, 1.54) is 12.4 Å². The molecule has 2 atom stereocenters. The van der Waals surface area contributed by atoms with Crippen molar-refractivity contribution in [3.05, 3.63) is 46.8 Å². The lowest BCUT2D eigenvalue weighted by molar-refractivity contribution is 0.108. The molecule has 0 radical (unpaired) electrons. The molecule has 1 N–H and O–H groups in total. The smallest absolute Gasteiger partial charge is 0.141 e. The monoisotopic (exact) mass is 324 g/mol. The SMILES string of the molecule is CO[C@@H]1C[C@@H](c2ncn[nH]2)N(CCc2c(F)cccc2Cl)C1. The van der Waals surface area contributed by atoms with Gasteiger partial charge >= 0.3 is 0 Å². The molecule has 2 aromatic rings. The third kappa shape index (κ3) is 3.14. The molecule has 1 aliphatic heterocycles. The van der Waals surface area contributed by atoms with Gasteiger partial charge in [-0.25, -0.2) is 9.37 Å². The highest BCUT2D eigenvalue weighted by molar-refractivity contribution is 6.31. The van der Waals surface area contributed by atoms with E-state index in [0.29, 0.717) is 23.6 Å². The van der Waals surface area contributed by atoms with Crippen LogP contribution in [0, 0.1) is 5.82 Å². The number of halogens is 2. The number of ether oxygens (including phenoxy) is 1. The topological polar surface area (TPSA) is 54.0 Å². The summed E-state index contributed by atoms with van der Waals surface area (Å²) in [5.41, 5.74) is 0.557. The minimum atomic E-state index is -0.258. The van der Waals surface area contributed by atoms with Gasteiger partial charge in [-0.3, -0.25) is 10.00 Å². The minimum Gasteiger partial charge on any atom is -0.380 e. The predicted octanol–water partition coefficient (Wildman–Crippen LogP) is 2.60. The Hall–Kier alpha value is -1.50. The number of aromatic nitrogens is 3. The maximum atomic E-state index is 13.9. The summed E-state index contributed by atoms with van der Waals surface area (Å²) >= 11 is 6.10. The van der Waals surface area contributed by atoms with E-state index >= 15 is 0 Å². The Balaban J connectivity index is 1.72. The van der Waals surface area contributed by atoms with Crippen LogP contribution in [0.3, 0.4) is 0 Å². The van der Waals surface area contributed by atoms with E-state index in [9.17, 15) is 4.39 Å². The maximum Gasteiger partial charge on any atom is 0.141 e. The van der Waals surface area contributed by atoms with Crippen LogP contribution >= 0.6 is 11.6 Å². The number of hydrogen-bond donors (Lipinski definition) is 1. The first-order valence-electron chi connectivity index (χ1n) is 7.24. The zero-order valence-electron chi connectivity index (χ0n) is 12.3. The van der Waals surface area contributed by atoms with Crippen molar-refractivity contribution in [3.63, 3.8) is 0 Å². The molecule has 118 valence electrons. The molecule has 0 spiro atoms. The number of methoxy groups -OCH3 is 1. The molecule has 1 aromatic carbocycles. The van der Waals surface area contributed by atoms with Gasteiger partial charge in [0.05, 0.1) is 12.1 Å². The Labute approximate surface area is 133 Å². The lowest BCUT2D eigenvalue weighted by Crippen LogP contribution is -2.28. The first-order chi connectivity index (χ1) is 10.7. The zero-order chi connectivity index (χ0) is 15.5. The molecule has 1 aliphatic rings. The van der Waals surface area contributed by atoms with Gasteiger partial charge in [0.1, 0.15) is 18.0 Å². The van der Waals surface area contributed by atoms with Crippen molar-refractivity contribution in [3.8, 4) is 0 Å². The fourth-order valence-electron chi connectivity index (χ4n) is 2.97. The van der Waals surface area contributed by atoms with Gasteiger partial charge in [0.25, 0.3) is 0 Å². The van der Waals surface area contributed by atoms with Crippen LogP contribution in [0.15, 0.2) is 24.5 Å². The first-order valence-corrected chi connectivity index (χ1v) is 7.62. The van der Waals surface area contributed by atoms with Crippen molar-refractivity contribution in [2.75, 3.05) is 20.2 Å². The molecule has 0 amide bonds. The number of rotatable bonds is 5. The zero-order valence-corrected chi connectivity index (χ0v) is 13.1. The summed E-state index contributed by atoms with van der Waals surface area (Å²) in [4.78, 5) is 6.48. The van der Waals surface area contributed by atoms with Crippen LogP contribution in [-0.4, -0.2) is 46.4 Å². The number of benzene rings is 1. The van der Waals surface area contributed by atoms with E-state index in [4.69, 9.17) is 16.3 Å². The molecule has 22 heavy (non-hydrogen) atoms. The van der Waals surface area contributed by atoms with Crippen molar-refractivity contribution >= 4 is 11.6 Å². The minimum absolute atomic E-state index is 0.109. The molecule has 0 saturated carbocycles. The van der Waals surface area contributed by atoms with Crippen molar-refractivity contribution in [1.29, 1.82) is 0 Å². The second-order valence-corrected chi connectivity index (χ2v) is 5.83. The summed E-state index contributed by atoms with van der Waals surface area (Å²) < 4.78 is 19.3. The Morgan fingerprint density at radius 1 is 1.50 bits per heavy atom. The van der Waals surface area contributed by atoms with Gasteiger partial charge in [0.15, 0.2) is 0 Å². The van der Waals surface area contributed by atoms with Crippen LogP contribution in [0.4, 0.5) is 4.39 Å². The Morgan fingerprint density at radius 3 is 3.05 bits per heavy atom. The summed E-state index contributed by atoms with van der Waals surface area (Å²) in [7, 11) is 1.71. The maximum absolute atomic E-state index is 13.9. The van der Waals surface area contributed by atoms with Gasteiger partial charge in [-0.1, -0.05) is 17.7 Å². The first kappa shape index (κ1) is 15.4. The molecule has 0 aliphatic carbocycles. The summed E-state index contributed by atoms with van der Waals surface area (Å²) in [5, 5.41) is 7.30. The fraction of sp³-hybridized carbons (Fsp3) is 0.467. The number of aromatic amines is 1. The Kier molecular flexibility index (Phi) is 4.71. The third-order valence-electron chi connectivity index (χ3n) is 4.16. The summed E-state index contributed by atoms with van der Waals surface area (Å²) in [6, 6.07) is 4.89. The predicted molar refractivity (Wildman–Crippen MR) is 81.2 cm³/mol. The van der Waals surface area contributed by atoms with Gasteiger partial charge in [-0.2, -0.15) is 5.10 Å². The molecule has 7 heteroatoms. The highest BCUT2D eigenvalue weighted by Gasteiger charge is 2.34. The standard InChI is InChI=1S/C15H18ClFN4O/c1-22-10-7-14(15-18-9-19-20-15)21(8-10)6-5-11-12(16)3-2-4-13(11)17/h2-4,9-10,14H,5-8H2,1H3,(H,18,19,20)/t10-,14+/m1/s1. The number of hydrogen-bond acceptors (Lipinski definition) is 4. The van der Waals surface area contributed by atoms with Gasteiger partial charge in [-0.05, 0) is 25.0 Å². The molecule has 1 aromatic heterocycles. The molecule has 5 nitrogen and oxygen atoms in total. The number of likely N-dealkylation sites (tertiary alicyclic amines) is 1. The van der Waals surface area contributed by atoms with E-state index in [2.05, 4.69) is 20.1 Å². The lowest BCUT2D eigenvalue weighted by Gasteiger charge is -2.22. The highest BCUT2D eigenvalue weighted by Crippen LogP contribution is 2.31. The molecular weight excluding hydrogens is 307 g/mol. The molecular formula is C15H18ClFN4O. The summed E-state index contributed by atoms with van der Waals surface area (Å²) in [5.74, 6) is 0.561. The van der Waals surface area contributed by atoms with E-state index in [0.717, 1.165) is 18.8 Å². The van der Waals surface area contributed by atoms with Crippen molar-refractivity contribution in [1.82, 2.24) is 20.1 Å². The average molecular weight is 325 g/mol. The van der Waals surface area contributed by atoms with E-state index in [-0.39, 0.29) is 18.0 Å². The van der Waals surface area contributed by atoms with Crippen LogP contribution < -0.4 is 0 Å². The quantitative estimate of drug-likeness (QED) is 0.918. The lowest BCUT2D eigenvalue weighted by atomic mass is 10.1. The number of nitrogens with zero attached hydrogens (tertiary/aromatic N) is 3. The van der Waals surface area contributed by atoms with Crippen LogP contribution in [0.5, 0.6) is 0 Å². The van der Waals surface area contributed by atoms with Gasteiger partial charge in [-0.15, -0.1) is 0 Å². The average Bonchev–Trinajstić information content (AvgIpc) is 3.15. The largest absolute Gasteiger partial charge is 0.380 e. The van der Waals surface area contributed by atoms with Crippen molar-refractivity contribution in [2.24, 2.45) is 0 Å². The second kappa shape index (κ2) is 6.73. The third-order valence-corrected chi connectivity index (χ3v) is 4.51. The van der Waals surface area contributed by atoms with Crippen molar-refractivity contribution in [2.45, 2.75) is 25.0 Å². The molecule has 0 bridgehead atoms. The van der Waals surface area contributed by atoms with Crippen LogP contribution in [0.25, 0.3) is 0 Å². The molecule has 3 rings (SSSR count). The summed E-state index contributed by atoms with van der Waals surface area (Å²) in [6.45, 7) is 1.47. The van der Waals surface area contributed by atoms with E-state index < -0.39 is 0 Å². The Bertz CT molecular complexity index is 602. The Morgan fingerprint density at radius 2 is 2.36 bits per heavy atom. The van der Waals surface area contributed by atoms with E-state index in [1.54, 1.807) is 19.2 Å². The van der Waals surface area contributed by atoms with Gasteiger partial charge < -0.3 is 4.74 Å².